The number of phenols is 1. The smallest absolute Gasteiger partial charge is 0.235 e. The van der Waals surface area contributed by atoms with Gasteiger partial charge in [0.15, 0.2) is 34.7 Å². The number of fused-ring (bicyclic) bond motifs is 3. The van der Waals surface area contributed by atoms with Gasteiger partial charge < -0.3 is 15.9 Å². The molecule has 1 amide bonds. The quantitative estimate of drug-likeness (QED) is 0.376. The molecule has 0 spiro atoms. The number of ketones is 4. The first-order valence-electron chi connectivity index (χ1n) is 13.0. The molecule has 0 bridgehead atoms. The van der Waals surface area contributed by atoms with Gasteiger partial charge in [-0.1, -0.05) is 50.2 Å². The van der Waals surface area contributed by atoms with Crippen LogP contribution in [0.5, 0.6) is 5.75 Å². The van der Waals surface area contributed by atoms with Crippen molar-refractivity contribution in [2.75, 3.05) is 14.1 Å². The fourth-order valence-electron chi connectivity index (χ4n) is 7.46. The molecule has 3 aliphatic carbocycles. The van der Waals surface area contributed by atoms with E-state index < -0.39 is 76.2 Å². The van der Waals surface area contributed by atoms with E-state index in [0.717, 1.165) is 0 Å². The number of aldehydes is 1. The highest BCUT2D eigenvalue weighted by atomic mass is 16.3. The lowest BCUT2D eigenvalue weighted by Crippen LogP contribution is -2.76. The summed E-state index contributed by atoms with van der Waals surface area (Å²) in [6.07, 6.45) is 0.680. The molecule has 4 N–H and O–H groups in total. The minimum atomic E-state index is -2.80. The predicted octanol–water partition coefficient (Wildman–Crippen LogP) is 1.15. The monoisotopic (exact) mass is 546 g/mol. The van der Waals surface area contributed by atoms with Gasteiger partial charge in [-0.3, -0.25) is 33.7 Å². The summed E-state index contributed by atoms with van der Waals surface area (Å²) in [7, 11) is 3.10. The van der Waals surface area contributed by atoms with Crippen LogP contribution in [0.25, 0.3) is 11.1 Å². The van der Waals surface area contributed by atoms with E-state index in [2.05, 4.69) is 0 Å². The number of aliphatic hydroxyl groups is 1. The number of primary amides is 1. The third-order valence-corrected chi connectivity index (χ3v) is 9.26. The third-order valence-electron chi connectivity index (χ3n) is 9.26. The first kappa shape index (κ1) is 27.5. The molecule has 2 aromatic rings. The Balaban J connectivity index is 1.68. The van der Waals surface area contributed by atoms with Crippen LogP contribution in [-0.4, -0.2) is 76.2 Å². The number of nitrogens with zero attached hydrogens (tertiary/aromatic N) is 1. The SMILES string of the molecule is C[C@H]1[C@H]2C(C(=O)c3c(ccc(-c4ccc(C=O)cc4)c3O)[C@@H]2C)C(=O)[C@]2(O)C(=O)C(C(N)=O)C(=O)[C@@H](N(C)C)[C@H]12. The van der Waals surface area contributed by atoms with Gasteiger partial charge in [0.1, 0.15) is 12.0 Å². The van der Waals surface area contributed by atoms with Crippen molar-refractivity contribution in [2.24, 2.45) is 35.3 Å². The Morgan fingerprint density at radius 2 is 1.62 bits per heavy atom. The van der Waals surface area contributed by atoms with E-state index in [1.807, 2.05) is 0 Å². The van der Waals surface area contributed by atoms with Crippen molar-refractivity contribution in [1.29, 1.82) is 0 Å². The molecule has 208 valence electrons. The Kier molecular flexibility index (Phi) is 6.39. The van der Waals surface area contributed by atoms with Gasteiger partial charge in [0, 0.05) is 17.0 Å². The van der Waals surface area contributed by atoms with Gasteiger partial charge in [0.2, 0.25) is 5.91 Å². The Labute approximate surface area is 230 Å². The molecule has 0 saturated heterocycles. The summed E-state index contributed by atoms with van der Waals surface area (Å²) in [6.45, 7) is 3.50. The fourth-order valence-corrected chi connectivity index (χ4v) is 7.46. The van der Waals surface area contributed by atoms with E-state index in [1.54, 1.807) is 64.3 Å². The molecule has 3 aliphatic rings. The molecule has 2 aromatic carbocycles. The van der Waals surface area contributed by atoms with Gasteiger partial charge in [-0.25, -0.2) is 0 Å². The van der Waals surface area contributed by atoms with Crippen molar-refractivity contribution in [2.45, 2.75) is 31.4 Å². The number of amides is 1. The zero-order valence-corrected chi connectivity index (χ0v) is 22.5. The van der Waals surface area contributed by atoms with Crippen LogP contribution in [0.3, 0.4) is 0 Å². The molecular weight excluding hydrogens is 516 g/mol. The molecule has 40 heavy (non-hydrogen) atoms. The molecule has 10 nitrogen and oxygen atoms in total. The second kappa shape index (κ2) is 9.28. The largest absolute Gasteiger partial charge is 0.507 e. The van der Waals surface area contributed by atoms with Crippen LogP contribution in [0, 0.1) is 29.6 Å². The van der Waals surface area contributed by atoms with Gasteiger partial charge in [0.05, 0.1) is 17.5 Å². The molecular formula is C30H30N2O8. The maximum atomic E-state index is 14.1. The van der Waals surface area contributed by atoms with Gasteiger partial charge in [-0.05, 0) is 43.0 Å². The number of nitrogens with two attached hydrogens (primary N) is 1. The predicted molar refractivity (Wildman–Crippen MR) is 141 cm³/mol. The van der Waals surface area contributed by atoms with Gasteiger partial charge in [0.25, 0.3) is 0 Å². The van der Waals surface area contributed by atoms with E-state index in [4.69, 9.17) is 5.73 Å². The third kappa shape index (κ3) is 3.49. The number of phenolic OH excluding ortho intramolecular Hbond substituents is 1. The zero-order chi connectivity index (χ0) is 29.4. The fraction of sp³-hybridized carbons (Fsp3) is 0.400. The summed E-state index contributed by atoms with van der Waals surface area (Å²) in [5, 5.41) is 23.2. The van der Waals surface area contributed by atoms with Crippen molar-refractivity contribution in [3.63, 3.8) is 0 Å². The normalized spacial score (nSPS) is 33.3. The zero-order valence-electron chi connectivity index (χ0n) is 22.5. The second-order valence-corrected chi connectivity index (χ2v) is 11.4. The van der Waals surface area contributed by atoms with Crippen LogP contribution in [-0.2, 0) is 19.2 Å². The first-order valence-corrected chi connectivity index (χ1v) is 13.0. The van der Waals surface area contributed by atoms with Crippen molar-refractivity contribution >= 4 is 35.3 Å². The first-order chi connectivity index (χ1) is 18.8. The minimum absolute atomic E-state index is 0.0803. The van der Waals surface area contributed by atoms with E-state index in [0.29, 0.717) is 28.5 Å². The summed E-state index contributed by atoms with van der Waals surface area (Å²) >= 11 is 0. The summed E-state index contributed by atoms with van der Waals surface area (Å²) in [5.74, 6) is -12.1. The Morgan fingerprint density at radius 1 is 1.00 bits per heavy atom. The van der Waals surface area contributed by atoms with Crippen LogP contribution >= 0.6 is 0 Å². The summed E-state index contributed by atoms with van der Waals surface area (Å²) in [4.78, 5) is 79.7. The highest BCUT2D eigenvalue weighted by Crippen LogP contribution is 2.57. The molecule has 10 heteroatoms. The van der Waals surface area contributed by atoms with Crippen molar-refractivity contribution < 1.29 is 39.0 Å². The minimum Gasteiger partial charge on any atom is -0.507 e. The average molecular weight is 547 g/mol. The van der Waals surface area contributed by atoms with Crippen LogP contribution in [0.1, 0.15) is 46.0 Å². The highest BCUT2D eigenvalue weighted by molar-refractivity contribution is 6.32. The Morgan fingerprint density at radius 3 is 2.17 bits per heavy atom. The molecule has 0 aliphatic heterocycles. The number of carbonyl (C=O) groups excluding carboxylic acids is 6. The number of benzene rings is 2. The highest BCUT2D eigenvalue weighted by Gasteiger charge is 2.72. The van der Waals surface area contributed by atoms with Crippen LogP contribution < -0.4 is 5.73 Å². The molecule has 2 saturated carbocycles. The number of carbonyl (C=O) groups is 6. The number of Topliss-reactive ketones (excluding diaryl/α,β-unsaturated/α-hetero) is 4. The molecule has 5 rings (SSSR count). The van der Waals surface area contributed by atoms with Crippen molar-refractivity contribution in [1.82, 2.24) is 4.90 Å². The second-order valence-electron chi connectivity index (χ2n) is 11.4. The van der Waals surface area contributed by atoms with E-state index in [9.17, 15) is 39.0 Å². The number of rotatable bonds is 4. The topological polar surface area (TPSA) is 172 Å². The van der Waals surface area contributed by atoms with Crippen molar-refractivity contribution in [3.05, 3.63) is 53.1 Å². The van der Waals surface area contributed by atoms with E-state index in [1.165, 1.54) is 4.90 Å². The van der Waals surface area contributed by atoms with E-state index in [-0.39, 0.29) is 11.3 Å². The molecule has 2 fully saturated rings. The number of hydrogen-bond acceptors (Lipinski definition) is 9. The Hall–Kier alpha value is -4.02. The summed E-state index contributed by atoms with van der Waals surface area (Å²) < 4.78 is 0. The van der Waals surface area contributed by atoms with Gasteiger partial charge in [-0.15, -0.1) is 0 Å². The average Bonchev–Trinajstić information content (AvgIpc) is 2.90. The standard InChI is InChI=1S/C30H30N2O8/c1-12-16-9-10-17(15-7-5-14(11-33)6-8-15)24(34)19(16)25(35)20-18(12)13(2)22-23(32(3)4)26(36)21(29(31)39)28(38)30(22,40)27(20)37/h5-13,18,20-23,34,40H,1-4H3,(H2,31,39)/t12-,13-,18-,20?,21?,22-,23-,30-/m0/s1. The molecule has 0 aromatic heterocycles. The summed E-state index contributed by atoms with van der Waals surface area (Å²) in [5.41, 5.74) is 4.29. The number of aromatic hydroxyl groups is 1. The van der Waals surface area contributed by atoms with E-state index >= 15 is 0 Å². The summed E-state index contributed by atoms with van der Waals surface area (Å²) in [6, 6.07) is 8.57. The van der Waals surface area contributed by atoms with Crippen LogP contribution in [0.15, 0.2) is 36.4 Å². The van der Waals surface area contributed by atoms with Crippen LogP contribution in [0.4, 0.5) is 0 Å². The van der Waals surface area contributed by atoms with Crippen LogP contribution in [0.2, 0.25) is 0 Å². The maximum Gasteiger partial charge on any atom is 0.235 e. The maximum absolute atomic E-state index is 14.1. The number of hydrogen-bond donors (Lipinski definition) is 3. The lowest BCUT2D eigenvalue weighted by molar-refractivity contribution is -0.188. The van der Waals surface area contributed by atoms with Crippen molar-refractivity contribution in [3.8, 4) is 16.9 Å². The Bertz CT molecular complexity index is 1500. The number of likely N-dealkylation sites (N-methyl/N-ethyl adjacent to an activating group) is 1. The lowest BCUT2D eigenvalue weighted by atomic mass is 9.47. The molecule has 8 atom stereocenters. The lowest BCUT2D eigenvalue weighted by Gasteiger charge is -2.57. The van der Waals surface area contributed by atoms with Gasteiger partial charge in [-0.2, -0.15) is 0 Å². The van der Waals surface area contributed by atoms with Gasteiger partial charge >= 0.3 is 0 Å². The molecule has 0 heterocycles. The molecule has 0 radical (unpaired) electrons. The molecule has 2 unspecified atom stereocenters.